The molecule has 1 aromatic rings. The molecule has 0 aliphatic carbocycles. The lowest BCUT2D eigenvalue weighted by Crippen LogP contribution is -2.02. The van der Waals surface area contributed by atoms with Gasteiger partial charge in [-0.2, -0.15) is 0 Å². The predicted octanol–water partition coefficient (Wildman–Crippen LogP) is 2.98. The molecule has 0 unspecified atom stereocenters. The third-order valence-electron chi connectivity index (χ3n) is 1.75. The fourth-order valence-electron chi connectivity index (χ4n) is 1.08. The quantitative estimate of drug-likeness (QED) is 0.564. The van der Waals surface area contributed by atoms with Crippen molar-refractivity contribution in [1.82, 2.24) is 0 Å². The Morgan fingerprint density at radius 3 is 2.79 bits per heavy atom. The number of benzene rings is 1. The first-order chi connectivity index (χ1) is 6.79. The van der Waals surface area contributed by atoms with Gasteiger partial charge in [-0.25, -0.2) is 4.79 Å². The Morgan fingerprint density at radius 2 is 2.14 bits per heavy atom. The van der Waals surface area contributed by atoms with Gasteiger partial charge in [0, 0.05) is 4.90 Å². The zero-order chi connectivity index (χ0) is 10.4. The predicted molar refractivity (Wildman–Crippen MR) is 58.8 cm³/mol. The molecule has 0 bridgehead atoms. The number of carbonyl (C=O) groups excluding carboxylic acids is 1. The monoisotopic (exact) mass is 210 g/mol. The van der Waals surface area contributed by atoms with Gasteiger partial charge in [0.2, 0.25) is 0 Å². The van der Waals surface area contributed by atoms with Crippen LogP contribution in [0.5, 0.6) is 0 Å². The molecular formula is C11H14O2S. The minimum absolute atomic E-state index is 0.260. The lowest BCUT2D eigenvalue weighted by atomic mass is 10.2. The standard InChI is InChI=1S/C11H14O2S/c1-3-8-14-10-7-5-4-6-9(10)11(12)13-2/h4-7H,3,8H2,1-2H3. The first-order valence-corrected chi connectivity index (χ1v) is 5.58. The van der Waals surface area contributed by atoms with Crippen LogP contribution < -0.4 is 0 Å². The van der Waals surface area contributed by atoms with E-state index in [2.05, 4.69) is 6.92 Å². The van der Waals surface area contributed by atoms with Gasteiger partial charge < -0.3 is 4.74 Å². The van der Waals surface area contributed by atoms with Crippen LogP contribution in [-0.2, 0) is 4.74 Å². The molecule has 0 aliphatic rings. The van der Waals surface area contributed by atoms with E-state index in [4.69, 9.17) is 4.74 Å². The van der Waals surface area contributed by atoms with Gasteiger partial charge in [-0.15, -0.1) is 11.8 Å². The van der Waals surface area contributed by atoms with Crippen molar-refractivity contribution in [3.63, 3.8) is 0 Å². The zero-order valence-corrected chi connectivity index (χ0v) is 9.26. The molecule has 1 aromatic carbocycles. The van der Waals surface area contributed by atoms with Gasteiger partial charge in [0.05, 0.1) is 12.7 Å². The molecule has 1 rings (SSSR count). The van der Waals surface area contributed by atoms with Crippen LogP contribution in [0.2, 0.25) is 0 Å². The molecule has 0 aromatic heterocycles. The fourth-order valence-corrected chi connectivity index (χ4v) is 1.99. The van der Waals surface area contributed by atoms with Gasteiger partial charge in [0.25, 0.3) is 0 Å². The topological polar surface area (TPSA) is 26.3 Å². The van der Waals surface area contributed by atoms with E-state index in [1.807, 2.05) is 18.2 Å². The molecule has 0 radical (unpaired) electrons. The number of methoxy groups -OCH3 is 1. The first kappa shape index (κ1) is 11.1. The molecule has 2 nitrogen and oxygen atoms in total. The van der Waals surface area contributed by atoms with E-state index in [0.717, 1.165) is 17.1 Å². The molecule has 0 N–H and O–H groups in total. The van der Waals surface area contributed by atoms with Crippen molar-refractivity contribution in [3.8, 4) is 0 Å². The molecule has 0 saturated heterocycles. The Labute approximate surface area is 88.7 Å². The van der Waals surface area contributed by atoms with Crippen LogP contribution in [0.15, 0.2) is 29.2 Å². The summed E-state index contributed by atoms with van der Waals surface area (Å²) in [5.74, 6) is 0.762. The Kier molecular flexibility index (Phi) is 4.53. The van der Waals surface area contributed by atoms with E-state index >= 15 is 0 Å². The SMILES string of the molecule is CCCSc1ccccc1C(=O)OC. The van der Waals surface area contributed by atoms with Crippen molar-refractivity contribution in [2.45, 2.75) is 18.2 Å². The van der Waals surface area contributed by atoms with Crippen molar-refractivity contribution in [1.29, 1.82) is 0 Å². The number of rotatable bonds is 4. The maximum atomic E-state index is 11.4. The van der Waals surface area contributed by atoms with Crippen molar-refractivity contribution in [2.24, 2.45) is 0 Å². The number of hydrogen-bond acceptors (Lipinski definition) is 3. The third-order valence-corrected chi connectivity index (χ3v) is 3.03. The van der Waals surface area contributed by atoms with Crippen LogP contribution in [0.4, 0.5) is 0 Å². The minimum Gasteiger partial charge on any atom is -0.465 e. The molecular weight excluding hydrogens is 196 g/mol. The van der Waals surface area contributed by atoms with Gasteiger partial charge in [-0.1, -0.05) is 19.1 Å². The highest BCUT2D eigenvalue weighted by molar-refractivity contribution is 7.99. The highest BCUT2D eigenvalue weighted by Crippen LogP contribution is 2.23. The summed E-state index contributed by atoms with van der Waals surface area (Å²) in [7, 11) is 1.41. The summed E-state index contributed by atoms with van der Waals surface area (Å²) in [4.78, 5) is 12.4. The molecule has 14 heavy (non-hydrogen) atoms. The van der Waals surface area contributed by atoms with Crippen LogP contribution in [-0.4, -0.2) is 18.8 Å². The molecule has 0 saturated carbocycles. The normalized spacial score (nSPS) is 9.86. The lowest BCUT2D eigenvalue weighted by Gasteiger charge is -2.05. The Bertz CT molecular complexity index is 310. The summed E-state index contributed by atoms with van der Waals surface area (Å²) in [6, 6.07) is 7.53. The number of ether oxygens (including phenoxy) is 1. The van der Waals surface area contributed by atoms with Gasteiger partial charge >= 0.3 is 5.97 Å². The highest BCUT2D eigenvalue weighted by Gasteiger charge is 2.10. The van der Waals surface area contributed by atoms with Crippen molar-refractivity contribution >= 4 is 17.7 Å². The van der Waals surface area contributed by atoms with E-state index in [1.54, 1.807) is 17.8 Å². The van der Waals surface area contributed by atoms with Gasteiger partial charge in [-0.3, -0.25) is 0 Å². The van der Waals surface area contributed by atoms with Crippen LogP contribution in [0.1, 0.15) is 23.7 Å². The summed E-state index contributed by atoms with van der Waals surface area (Å²) >= 11 is 1.69. The maximum Gasteiger partial charge on any atom is 0.338 e. The maximum absolute atomic E-state index is 11.4. The average Bonchev–Trinajstić information content (AvgIpc) is 2.25. The second-order valence-electron chi connectivity index (χ2n) is 2.84. The summed E-state index contributed by atoms with van der Waals surface area (Å²) in [6.45, 7) is 2.12. The highest BCUT2D eigenvalue weighted by atomic mass is 32.2. The van der Waals surface area contributed by atoms with Crippen LogP contribution in [0, 0.1) is 0 Å². The summed E-state index contributed by atoms with van der Waals surface area (Å²) < 4.78 is 4.70. The molecule has 0 heterocycles. The van der Waals surface area contributed by atoms with E-state index in [0.29, 0.717) is 5.56 Å². The number of carbonyl (C=O) groups is 1. The second-order valence-corrected chi connectivity index (χ2v) is 3.97. The van der Waals surface area contributed by atoms with E-state index in [1.165, 1.54) is 7.11 Å². The largest absolute Gasteiger partial charge is 0.465 e. The van der Waals surface area contributed by atoms with Crippen molar-refractivity contribution in [3.05, 3.63) is 29.8 Å². The number of thioether (sulfide) groups is 1. The summed E-state index contributed by atoms with van der Waals surface area (Å²) in [5.41, 5.74) is 0.661. The minimum atomic E-state index is -0.260. The summed E-state index contributed by atoms with van der Waals surface area (Å²) in [6.07, 6.45) is 1.10. The molecule has 0 fully saturated rings. The van der Waals surface area contributed by atoms with Gasteiger partial charge in [-0.05, 0) is 24.3 Å². The van der Waals surface area contributed by atoms with Gasteiger partial charge in [0.15, 0.2) is 0 Å². The lowest BCUT2D eigenvalue weighted by molar-refractivity contribution is 0.0597. The van der Waals surface area contributed by atoms with Crippen LogP contribution in [0.25, 0.3) is 0 Å². The molecule has 0 atom stereocenters. The second kappa shape index (κ2) is 5.70. The Morgan fingerprint density at radius 1 is 1.43 bits per heavy atom. The fraction of sp³-hybridized carbons (Fsp3) is 0.364. The molecule has 3 heteroatoms. The molecule has 0 spiro atoms. The van der Waals surface area contributed by atoms with Crippen LogP contribution in [0.3, 0.4) is 0 Å². The molecule has 0 aliphatic heterocycles. The molecule has 0 amide bonds. The third kappa shape index (κ3) is 2.77. The van der Waals surface area contributed by atoms with E-state index < -0.39 is 0 Å². The Balaban J connectivity index is 2.85. The van der Waals surface area contributed by atoms with Crippen molar-refractivity contribution in [2.75, 3.05) is 12.9 Å². The van der Waals surface area contributed by atoms with Crippen molar-refractivity contribution < 1.29 is 9.53 Å². The van der Waals surface area contributed by atoms with Crippen LogP contribution >= 0.6 is 11.8 Å². The smallest absolute Gasteiger partial charge is 0.338 e. The average molecular weight is 210 g/mol. The molecule has 76 valence electrons. The van der Waals surface area contributed by atoms with E-state index in [-0.39, 0.29) is 5.97 Å². The van der Waals surface area contributed by atoms with Gasteiger partial charge in [0.1, 0.15) is 0 Å². The summed E-state index contributed by atoms with van der Waals surface area (Å²) in [5, 5.41) is 0. The number of hydrogen-bond donors (Lipinski definition) is 0. The van der Waals surface area contributed by atoms with E-state index in [9.17, 15) is 4.79 Å². The Hall–Kier alpha value is -0.960. The number of esters is 1. The first-order valence-electron chi connectivity index (χ1n) is 4.59. The zero-order valence-electron chi connectivity index (χ0n) is 8.45.